The highest BCUT2D eigenvalue weighted by Gasteiger charge is 2.19. The van der Waals surface area contributed by atoms with Gasteiger partial charge < -0.3 is 11.1 Å². The summed E-state index contributed by atoms with van der Waals surface area (Å²) >= 11 is 0. The Hall–Kier alpha value is -1.84. The molecule has 0 aromatic carbocycles. The van der Waals surface area contributed by atoms with E-state index in [1.807, 2.05) is 19.1 Å². The molecule has 0 aliphatic heterocycles. The molecule has 1 atom stereocenters. The maximum absolute atomic E-state index is 11.0. The molecule has 0 bridgehead atoms. The molecule has 0 heterocycles. The van der Waals surface area contributed by atoms with Gasteiger partial charge in [-0.15, -0.1) is 0 Å². The second kappa shape index (κ2) is 7.81. The molecule has 0 aromatic heterocycles. The van der Waals surface area contributed by atoms with Gasteiger partial charge in [0.1, 0.15) is 0 Å². The predicted molar refractivity (Wildman–Crippen MR) is 87.5 cm³/mol. The molecule has 0 fully saturated rings. The smallest absolute Gasteiger partial charge is 0.248 e. The summed E-state index contributed by atoms with van der Waals surface area (Å²) in [5.41, 5.74) is 5.85. The number of rotatable bonds is 3. The van der Waals surface area contributed by atoms with Crippen LogP contribution in [0.4, 0.5) is 0 Å². The molecule has 3 N–H and O–H groups in total. The van der Waals surface area contributed by atoms with Gasteiger partial charge in [0.25, 0.3) is 0 Å². The molecule has 118 valence electrons. The molecule has 0 spiro atoms. The average Bonchev–Trinajstić information content (AvgIpc) is 2.47. The molecule has 0 radical (unpaired) electrons. The van der Waals surface area contributed by atoms with Crippen molar-refractivity contribution >= 4 is 11.8 Å². The number of carbonyl (C=O) groups excluding carboxylic acids is 2. The molecule has 21 heavy (non-hydrogen) atoms. The Morgan fingerprint density at radius 3 is 2.19 bits per heavy atom. The lowest BCUT2D eigenvalue weighted by Gasteiger charge is -2.21. The summed E-state index contributed by atoms with van der Waals surface area (Å²) in [6.07, 6.45) is 8.92. The highest BCUT2D eigenvalue weighted by Crippen LogP contribution is 2.22. The van der Waals surface area contributed by atoms with E-state index >= 15 is 0 Å². The van der Waals surface area contributed by atoms with Crippen LogP contribution in [0, 0.1) is 10.8 Å². The molecule has 1 aliphatic carbocycles. The van der Waals surface area contributed by atoms with Gasteiger partial charge in [0, 0.05) is 24.5 Å². The Balaban J connectivity index is 0.000000690. The lowest BCUT2D eigenvalue weighted by Crippen LogP contribution is -2.31. The van der Waals surface area contributed by atoms with Gasteiger partial charge in [0.05, 0.1) is 0 Å². The standard InChI is InChI=1S/C12H16N2O2.C5H12/c1-9(15)14-8-12(2)6-3-4-10(5-7-12)11(13)16;1-5(2,3)4/h3-7H,8H2,1-2H3,(H2,13,16)(H,14,15);1-4H3. The van der Waals surface area contributed by atoms with Gasteiger partial charge in [-0.25, -0.2) is 0 Å². The van der Waals surface area contributed by atoms with Gasteiger partial charge in [0.15, 0.2) is 0 Å². The monoisotopic (exact) mass is 292 g/mol. The largest absolute Gasteiger partial charge is 0.366 e. The molecular formula is C17H28N2O2. The van der Waals surface area contributed by atoms with Gasteiger partial charge in [-0.1, -0.05) is 58.9 Å². The highest BCUT2D eigenvalue weighted by molar-refractivity contribution is 5.95. The van der Waals surface area contributed by atoms with Crippen LogP contribution >= 0.6 is 0 Å². The minimum Gasteiger partial charge on any atom is -0.366 e. The number of hydrogen-bond donors (Lipinski definition) is 2. The zero-order valence-corrected chi connectivity index (χ0v) is 14.0. The molecule has 0 saturated heterocycles. The number of nitrogens with one attached hydrogen (secondary N) is 1. The average molecular weight is 292 g/mol. The first-order chi connectivity index (χ1) is 9.43. The minimum absolute atomic E-state index is 0.0737. The quantitative estimate of drug-likeness (QED) is 0.839. The molecule has 0 aromatic rings. The van der Waals surface area contributed by atoms with Crippen molar-refractivity contribution in [3.63, 3.8) is 0 Å². The van der Waals surface area contributed by atoms with Crippen LogP contribution in [0.2, 0.25) is 0 Å². The number of amides is 2. The zero-order chi connectivity index (χ0) is 16.7. The fourth-order valence-corrected chi connectivity index (χ4v) is 1.36. The molecular weight excluding hydrogens is 264 g/mol. The molecule has 2 amide bonds. The molecule has 0 saturated carbocycles. The second-order valence-electron chi connectivity index (χ2n) is 7.09. The fourth-order valence-electron chi connectivity index (χ4n) is 1.36. The van der Waals surface area contributed by atoms with Crippen molar-refractivity contribution in [3.05, 3.63) is 36.0 Å². The first-order valence-electron chi connectivity index (χ1n) is 7.06. The highest BCUT2D eigenvalue weighted by atomic mass is 16.1. The predicted octanol–water partition coefficient (Wildman–Crippen LogP) is 2.72. The van der Waals surface area contributed by atoms with Gasteiger partial charge in [0.2, 0.25) is 11.8 Å². The van der Waals surface area contributed by atoms with Crippen LogP contribution in [-0.4, -0.2) is 18.4 Å². The summed E-state index contributed by atoms with van der Waals surface area (Å²) in [5.74, 6) is -0.528. The Morgan fingerprint density at radius 2 is 1.76 bits per heavy atom. The summed E-state index contributed by atoms with van der Waals surface area (Å²) in [6.45, 7) is 12.7. The maximum atomic E-state index is 11.0. The maximum Gasteiger partial charge on any atom is 0.248 e. The molecule has 1 rings (SSSR count). The van der Waals surface area contributed by atoms with Gasteiger partial charge in [-0.05, 0) is 11.5 Å². The molecule has 4 heteroatoms. The van der Waals surface area contributed by atoms with E-state index in [0.29, 0.717) is 17.5 Å². The topological polar surface area (TPSA) is 72.2 Å². The zero-order valence-electron chi connectivity index (χ0n) is 14.0. The normalized spacial score (nSPS) is 20.8. The van der Waals surface area contributed by atoms with Crippen LogP contribution in [0.25, 0.3) is 0 Å². The van der Waals surface area contributed by atoms with Crippen molar-refractivity contribution < 1.29 is 9.59 Å². The molecule has 4 nitrogen and oxygen atoms in total. The second-order valence-corrected chi connectivity index (χ2v) is 7.09. The van der Waals surface area contributed by atoms with Crippen LogP contribution in [0.15, 0.2) is 36.0 Å². The number of allylic oxidation sites excluding steroid dienone is 2. The number of hydrogen-bond acceptors (Lipinski definition) is 2. The van der Waals surface area contributed by atoms with E-state index in [1.165, 1.54) is 6.92 Å². The van der Waals surface area contributed by atoms with Crippen LogP contribution in [0.1, 0.15) is 41.5 Å². The third kappa shape index (κ3) is 10.6. The molecule has 1 unspecified atom stereocenters. The first kappa shape index (κ1) is 19.2. The summed E-state index contributed by atoms with van der Waals surface area (Å²) in [6, 6.07) is 0. The van der Waals surface area contributed by atoms with E-state index in [0.717, 1.165) is 0 Å². The van der Waals surface area contributed by atoms with Crippen molar-refractivity contribution in [1.82, 2.24) is 5.32 Å². The van der Waals surface area contributed by atoms with Crippen LogP contribution < -0.4 is 11.1 Å². The van der Waals surface area contributed by atoms with E-state index in [1.54, 1.807) is 18.2 Å². The summed E-state index contributed by atoms with van der Waals surface area (Å²) < 4.78 is 0. The Kier molecular flexibility index (Phi) is 7.13. The number of primary amides is 1. The lowest BCUT2D eigenvalue weighted by molar-refractivity contribution is -0.119. The Labute approximate surface area is 128 Å². The van der Waals surface area contributed by atoms with Crippen LogP contribution in [-0.2, 0) is 9.59 Å². The Bertz CT molecular complexity index is 462. The lowest BCUT2D eigenvalue weighted by atomic mass is 9.90. The van der Waals surface area contributed by atoms with Crippen molar-refractivity contribution in [1.29, 1.82) is 0 Å². The summed E-state index contributed by atoms with van der Waals surface area (Å²) in [5, 5.41) is 2.75. The van der Waals surface area contributed by atoms with Gasteiger partial charge in [-0.2, -0.15) is 0 Å². The van der Waals surface area contributed by atoms with Crippen molar-refractivity contribution in [2.24, 2.45) is 16.6 Å². The van der Waals surface area contributed by atoms with E-state index < -0.39 is 5.91 Å². The molecule has 1 aliphatic rings. The fraction of sp³-hybridized carbons (Fsp3) is 0.529. The van der Waals surface area contributed by atoms with E-state index in [9.17, 15) is 9.59 Å². The number of carbonyl (C=O) groups is 2. The van der Waals surface area contributed by atoms with Crippen molar-refractivity contribution in [3.8, 4) is 0 Å². The van der Waals surface area contributed by atoms with Crippen molar-refractivity contribution in [2.45, 2.75) is 41.5 Å². The minimum atomic E-state index is -0.454. The van der Waals surface area contributed by atoms with Crippen molar-refractivity contribution in [2.75, 3.05) is 6.54 Å². The SMILES string of the molecule is CC(=O)NCC1(C)C=CC=C(C(N)=O)C=C1.CC(C)(C)C. The third-order valence-electron chi connectivity index (χ3n) is 2.40. The van der Waals surface area contributed by atoms with E-state index in [-0.39, 0.29) is 11.3 Å². The summed E-state index contributed by atoms with van der Waals surface area (Å²) in [7, 11) is 0. The van der Waals surface area contributed by atoms with Crippen LogP contribution in [0.5, 0.6) is 0 Å². The van der Waals surface area contributed by atoms with E-state index in [4.69, 9.17) is 5.73 Å². The number of nitrogens with two attached hydrogens (primary N) is 1. The first-order valence-corrected chi connectivity index (χ1v) is 7.06. The Morgan fingerprint density at radius 1 is 1.24 bits per heavy atom. The third-order valence-corrected chi connectivity index (χ3v) is 2.40. The summed E-state index contributed by atoms with van der Waals surface area (Å²) in [4.78, 5) is 21.8. The van der Waals surface area contributed by atoms with Gasteiger partial charge in [-0.3, -0.25) is 9.59 Å². The van der Waals surface area contributed by atoms with Gasteiger partial charge >= 0.3 is 0 Å². The van der Waals surface area contributed by atoms with Crippen LogP contribution in [0.3, 0.4) is 0 Å². The van der Waals surface area contributed by atoms with E-state index in [2.05, 4.69) is 33.0 Å².